The summed E-state index contributed by atoms with van der Waals surface area (Å²) in [5.41, 5.74) is 0.620. The summed E-state index contributed by atoms with van der Waals surface area (Å²) >= 11 is 17.4. The summed E-state index contributed by atoms with van der Waals surface area (Å²) < 4.78 is 16.4. The van der Waals surface area contributed by atoms with E-state index in [1.54, 1.807) is 0 Å². The third-order valence-corrected chi connectivity index (χ3v) is 14.7. The molecular formula is C35H44Cl3NO7. The number of cyclic esters (lactones) is 1. The van der Waals surface area contributed by atoms with Crippen LogP contribution in [0.2, 0.25) is 0 Å². The Labute approximate surface area is 285 Å². The monoisotopic (exact) mass is 695 g/mol. The number of carbonyl (C=O) groups excluding carboxylic acids is 4. The van der Waals surface area contributed by atoms with E-state index in [4.69, 9.17) is 49.0 Å². The molecule has 7 rings (SSSR count). The third-order valence-electron chi connectivity index (χ3n) is 14.2. The van der Waals surface area contributed by atoms with Gasteiger partial charge in [0.25, 0.3) is 9.70 Å². The highest BCUT2D eigenvalue weighted by Gasteiger charge is 2.82. The molecule has 11 heteroatoms. The lowest BCUT2D eigenvalue weighted by molar-refractivity contribution is -0.153. The fraction of sp³-hybridized carbons (Fsp3) is 0.771. The standard InChI is InChI=1S/C35H44Cl3NO7/c1-17-15-44-28(21(17)14-39-30(43)35(36,37)38)29-20(12-26(42)46-29)27-24(45-19(3)40)13-32(5)25-7-6-22-18(2)23(41)8-9-33(22)16-34(25,33)11-10-31(27,32)4/h8-9,17-18,20,22,24-25,27,29H,6-7,10-16H2,1-5H3,(H,39,43). The number of ketones is 1. The van der Waals surface area contributed by atoms with Crippen LogP contribution in [-0.2, 0) is 33.4 Å². The Morgan fingerprint density at radius 3 is 2.54 bits per heavy atom. The van der Waals surface area contributed by atoms with Gasteiger partial charge in [-0.15, -0.1) is 0 Å². The number of rotatable bonds is 5. The first-order chi connectivity index (χ1) is 21.5. The molecule has 5 fully saturated rings. The molecule has 5 aliphatic carbocycles. The number of esters is 2. The average Bonchev–Trinajstić information content (AvgIpc) is 3.10. The second-order valence-electron chi connectivity index (χ2n) is 15.9. The molecule has 2 heterocycles. The number of amides is 1. The minimum absolute atomic E-state index is 0.0482. The predicted octanol–water partition coefficient (Wildman–Crippen LogP) is 6.26. The third kappa shape index (κ3) is 4.43. The molecule has 0 aromatic carbocycles. The van der Waals surface area contributed by atoms with Gasteiger partial charge in [0.1, 0.15) is 11.9 Å². The molecule has 46 heavy (non-hydrogen) atoms. The molecule has 1 saturated heterocycles. The van der Waals surface area contributed by atoms with E-state index in [0.29, 0.717) is 24.2 Å². The van der Waals surface area contributed by atoms with Crippen LogP contribution in [0.5, 0.6) is 0 Å². The van der Waals surface area contributed by atoms with Gasteiger partial charge < -0.3 is 19.5 Å². The molecule has 0 aromatic rings. The van der Waals surface area contributed by atoms with Gasteiger partial charge in [0, 0.05) is 37.1 Å². The van der Waals surface area contributed by atoms with Gasteiger partial charge >= 0.3 is 11.9 Å². The lowest BCUT2D eigenvalue weighted by atomic mass is 9.43. The van der Waals surface area contributed by atoms with Crippen molar-refractivity contribution < 1.29 is 33.4 Å². The molecule has 7 aliphatic rings. The molecular weight excluding hydrogens is 653 g/mol. The normalized spacial score (nSPS) is 47.3. The van der Waals surface area contributed by atoms with Crippen LogP contribution in [0.4, 0.5) is 0 Å². The van der Waals surface area contributed by atoms with E-state index in [1.807, 2.05) is 13.0 Å². The lowest BCUT2D eigenvalue weighted by Crippen LogP contribution is -2.55. The number of hydrogen-bond acceptors (Lipinski definition) is 7. The average molecular weight is 697 g/mol. The minimum Gasteiger partial charge on any atom is -0.493 e. The molecule has 1 amide bonds. The van der Waals surface area contributed by atoms with Crippen molar-refractivity contribution in [2.45, 2.75) is 95.6 Å². The lowest BCUT2D eigenvalue weighted by Gasteiger charge is -2.61. The number of allylic oxidation sites excluding steroid dienone is 2. The van der Waals surface area contributed by atoms with Crippen LogP contribution in [-0.4, -0.2) is 52.8 Å². The molecule has 12 atom stereocenters. The highest BCUT2D eigenvalue weighted by Crippen LogP contribution is 2.87. The van der Waals surface area contributed by atoms with Crippen LogP contribution < -0.4 is 5.32 Å². The quantitative estimate of drug-likeness (QED) is 0.267. The zero-order valence-corrected chi connectivity index (χ0v) is 29.4. The van der Waals surface area contributed by atoms with E-state index in [-0.39, 0.29) is 82.1 Å². The molecule has 0 bridgehead atoms. The number of fused-ring (bicyclic) bond motifs is 2. The Morgan fingerprint density at radius 1 is 1.11 bits per heavy atom. The van der Waals surface area contributed by atoms with Gasteiger partial charge in [0.05, 0.1) is 13.0 Å². The maximum Gasteiger partial charge on any atom is 0.306 e. The summed E-state index contributed by atoms with van der Waals surface area (Å²) in [6.07, 6.45) is 9.14. The predicted molar refractivity (Wildman–Crippen MR) is 172 cm³/mol. The van der Waals surface area contributed by atoms with Crippen molar-refractivity contribution in [3.63, 3.8) is 0 Å². The van der Waals surface area contributed by atoms with Gasteiger partial charge in [-0.05, 0) is 83.7 Å². The van der Waals surface area contributed by atoms with Crippen LogP contribution in [0.15, 0.2) is 23.5 Å². The molecule has 1 N–H and O–H groups in total. The van der Waals surface area contributed by atoms with Gasteiger partial charge in [-0.25, -0.2) is 0 Å². The SMILES string of the molecule is CC(=O)OC1CC2(C)C3CCC4C(C)C(=O)C=CC45CC35CCC2(C)C1C1CC(=O)OC1C1=C(CNC(=O)C(Cl)(Cl)Cl)C(C)CO1. The zero-order valence-electron chi connectivity index (χ0n) is 27.1. The van der Waals surface area contributed by atoms with Gasteiger partial charge in [-0.3, -0.25) is 19.2 Å². The fourth-order valence-electron chi connectivity index (χ4n) is 12.1. The Bertz CT molecular complexity index is 1460. The Balaban J connectivity index is 1.25. The van der Waals surface area contributed by atoms with E-state index in [1.165, 1.54) is 6.92 Å². The summed E-state index contributed by atoms with van der Waals surface area (Å²) in [6, 6.07) is 0. The Kier molecular flexibility index (Phi) is 7.56. The number of halogens is 3. The van der Waals surface area contributed by atoms with E-state index in [2.05, 4.69) is 32.2 Å². The number of alkyl halides is 3. The van der Waals surface area contributed by atoms with Gasteiger partial charge in [-0.2, -0.15) is 0 Å². The van der Waals surface area contributed by atoms with Crippen molar-refractivity contribution >= 4 is 58.4 Å². The molecule has 2 aliphatic heterocycles. The van der Waals surface area contributed by atoms with Crippen LogP contribution in [0, 0.1) is 57.2 Å². The number of hydrogen-bond donors (Lipinski definition) is 1. The van der Waals surface area contributed by atoms with Crippen LogP contribution in [0.25, 0.3) is 0 Å². The van der Waals surface area contributed by atoms with Gasteiger partial charge in [0.2, 0.25) is 0 Å². The smallest absolute Gasteiger partial charge is 0.306 e. The highest BCUT2D eigenvalue weighted by molar-refractivity contribution is 6.76. The first-order valence-electron chi connectivity index (χ1n) is 16.8. The Morgan fingerprint density at radius 2 is 1.85 bits per heavy atom. The van der Waals surface area contributed by atoms with Crippen LogP contribution in [0.1, 0.15) is 79.6 Å². The van der Waals surface area contributed by atoms with E-state index in [0.717, 1.165) is 44.1 Å². The van der Waals surface area contributed by atoms with Crippen molar-refractivity contribution in [3.8, 4) is 0 Å². The minimum atomic E-state index is -2.11. The van der Waals surface area contributed by atoms with Crippen LogP contribution in [0.3, 0.4) is 0 Å². The summed E-state index contributed by atoms with van der Waals surface area (Å²) in [5.74, 6) is -0.214. The van der Waals surface area contributed by atoms with Crippen molar-refractivity contribution in [1.82, 2.24) is 5.32 Å². The fourth-order valence-corrected chi connectivity index (χ4v) is 12.3. The zero-order chi connectivity index (χ0) is 33.2. The number of carbonyl (C=O) groups is 4. The highest BCUT2D eigenvalue weighted by atomic mass is 35.6. The summed E-state index contributed by atoms with van der Waals surface area (Å²) in [6.45, 7) is 10.8. The molecule has 0 radical (unpaired) electrons. The van der Waals surface area contributed by atoms with Gasteiger partial charge in [-0.1, -0.05) is 68.6 Å². The van der Waals surface area contributed by atoms with E-state index in [9.17, 15) is 19.2 Å². The maximum absolute atomic E-state index is 13.2. The molecule has 252 valence electrons. The molecule has 8 nitrogen and oxygen atoms in total. The van der Waals surface area contributed by atoms with Crippen molar-refractivity contribution in [2.24, 2.45) is 57.2 Å². The molecule has 12 unspecified atom stereocenters. The van der Waals surface area contributed by atoms with E-state index >= 15 is 0 Å². The van der Waals surface area contributed by atoms with Crippen molar-refractivity contribution in [3.05, 3.63) is 23.5 Å². The summed E-state index contributed by atoms with van der Waals surface area (Å²) in [7, 11) is 0. The summed E-state index contributed by atoms with van der Waals surface area (Å²) in [5, 5.41) is 2.70. The largest absolute Gasteiger partial charge is 0.493 e. The molecule has 4 saturated carbocycles. The number of ether oxygens (including phenoxy) is 3. The first-order valence-corrected chi connectivity index (χ1v) is 17.9. The maximum atomic E-state index is 13.2. The Hall–Kier alpha value is -1.77. The molecule has 2 spiro atoms. The van der Waals surface area contributed by atoms with Crippen LogP contribution >= 0.6 is 34.8 Å². The van der Waals surface area contributed by atoms with E-state index < -0.39 is 15.8 Å². The first kappa shape index (κ1) is 32.8. The topological polar surface area (TPSA) is 108 Å². The van der Waals surface area contributed by atoms with Crippen molar-refractivity contribution in [2.75, 3.05) is 13.2 Å². The second-order valence-corrected chi connectivity index (χ2v) is 18.2. The van der Waals surface area contributed by atoms with Gasteiger partial charge in [0.15, 0.2) is 11.9 Å². The number of nitrogens with one attached hydrogen (secondary N) is 1. The second kappa shape index (κ2) is 10.6. The molecule has 0 aromatic heterocycles. The summed E-state index contributed by atoms with van der Waals surface area (Å²) in [4.78, 5) is 50.9. The van der Waals surface area contributed by atoms with Crippen molar-refractivity contribution in [1.29, 1.82) is 0 Å².